The molecule has 2 rings (SSSR count). The van der Waals surface area contributed by atoms with Gasteiger partial charge in [0.2, 0.25) is 0 Å². The molecule has 1 aromatic carbocycles. The molecule has 2 heteroatoms. The summed E-state index contributed by atoms with van der Waals surface area (Å²) in [7, 11) is 1.65. The van der Waals surface area contributed by atoms with Crippen molar-refractivity contribution < 1.29 is 4.74 Å². The van der Waals surface area contributed by atoms with Crippen LogP contribution >= 0.6 is 0 Å². The molecule has 90 valence electrons. The molecule has 0 saturated heterocycles. The largest absolute Gasteiger partial charge is 0.497 e. The van der Waals surface area contributed by atoms with E-state index in [0.29, 0.717) is 0 Å². The molecule has 0 N–H and O–H groups in total. The highest BCUT2D eigenvalue weighted by atomic mass is 16.5. The molecule has 0 aliphatic carbocycles. The van der Waals surface area contributed by atoms with E-state index < -0.39 is 0 Å². The third-order valence-electron chi connectivity index (χ3n) is 2.78. The van der Waals surface area contributed by atoms with Crippen LogP contribution in [0.25, 0.3) is 5.70 Å². The van der Waals surface area contributed by atoms with E-state index in [9.17, 15) is 0 Å². The smallest absolute Gasteiger partial charge is 0.119 e. The highest BCUT2D eigenvalue weighted by Gasteiger charge is 2.20. The number of rotatable bonds is 4. The fourth-order valence-electron chi connectivity index (χ4n) is 1.86. The van der Waals surface area contributed by atoms with E-state index in [4.69, 9.17) is 4.74 Å². The molecular weight excluding hydrogens is 222 g/mol. The van der Waals surface area contributed by atoms with Crippen LogP contribution in [0.1, 0.15) is 11.1 Å². The van der Waals surface area contributed by atoms with Crippen molar-refractivity contribution in [1.29, 1.82) is 0 Å². The normalized spacial score (nSPS) is 13.4. The SMILES string of the molecule is C=C/C=C\C(=C)C1=NC(=C)c2cc(OC)ccc21. The van der Waals surface area contributed by atoms with Crippen LogP contribution in [0.4, 0.5) is 0 Å². The predicted octanol–water partition coefficient (Wildman–Crippen LogP) is 3.77. The van der Waals surface area contributed by atoms with E-state index in [0.717, 1.165) is 33.9 Å². The maximum Gasteiger partial charge on any atom is 0.119 e. The summed E-state index contributed by atoms with van der Waals surface area (Å²) in [6.07, 6.45) is 5.44. The first kappa shape index (κ1) is 12.1. The first-order chi connectivity index (χ1) is 8.67. The summed E-state index contributed by atoms with van der Waals surface area (Å²) in [6, 6.07) is 5.84. The zero-order valence-electron chi connectivity index (χ0n) is 10.4. The number of aliphatic imine (C=N–C) groups is 1. The summed E-state index contributed by atoms with van der Waals surface area (Å²) < 4.78 is 5.21. The van der Waals surface area contributed by atoms with Gasteiger partial charge >= 0.3 is 0 Å². The molecule has 1 aliphatic heterocycles. The quantitative estimate of drug-likeness (QED) is 0.730. The van der Waals surface area contributed by atoms with Crippen molar-refractivity contribution in [3.05, 3.63) is 72.9 Å². The van der Waals surface area contributed by atoms with E-state index in [1.165, 1.54) is 0 Å². The standard InChI is InChI=1S/C16H15NO/c1-5-6-7-11(2)16-14-9-8-13(18-4)10-15(14)12(3)17-16/h5-10H,1-3H2,4H3/b7-6-. The molecule has 0 atom stereocenters. The minimum atomic E-state index is 0.743. The van der Waals surface area contributed by atoms with E-state index in [2.05, 4.69) is 24.7 Å². The summed E-state index contributed by atoms with van der Waals surface area (Å²) in [5.74, 6) is 0.804. The summed E-state index contributed by atoms with van der Waals surface area (Å²) in [4.78, 5) is 4.47. The topological polar surface area (TPSA) is 21.6 Å². The Morgan fingerprint density at radius 3 is 2.78 bits per heavy atom. The van der Waals surface area contributed by atoms with E-state index in [1.807, 2.05) is 30.4 Å². The zero-order chi connectivity index (χ0) is 13.1. The van der Waals surface area contributed by atoms with Crippen molar-refractivity contribution in [2.24, 2.45) is 4.99 Å². The fourth-order valence-corrected chi connectivity index (χ4v) is 1.86. The number of nitrogens with zero attached hydrogens (tertiary/aromatic N) is 1. The van der Waals surface area contributed by atoms with Gasteiger partial charge in [-0.05, 0) is 23.8 Å². The number of hydrogen-bond donors (Lipinski definition) is 0. The van der Waals surface area contributed by atoms with Crippen molar-refractivity contribution >= 4 is 11.4 Å². The van der Waals surface area contributed by atoms with Crippen molar-refractivity contribution in [3.8, 4) is 5.75 Å². The lowest BCUT2D eigenvalue weighted by Gasteiger charge is -2.05. The number of benzene rings is 1. The second-order valence-electron chi connectivity index (χ2n) is 3.94. The van der Waals surface area contributed by atoms with E-state index >= 15 is 0 Å². The van der Waals surface area contributed by atoms with Gasteiger partial charge in [0.05, 0.1) is 18.5 Å². The fraction of sp³-hybridized carbons (Fsp3) is 0.0625. The summed E-state index contributed by atoms with van der Waals surface area (Å²) in [6.45, 7) is 11.6. The number of ether oxygens (including phenoxy) is 1. The molecule has 0 aromatic heterocycles. The highest BCUT2D eigenvalue weighted by Crippen LogP contribution is 2.32. The second-order valence-corrected chi connectivity index (χ2v) is 3.94. The molecule has 0 spiro atoms. The van der Waals surface area contributed by atoms with Gasteiger partial charge in [0.15, 0.2) is 0 Å². The highest BCUT2D eigenvalue weighted by molar-refractivity contribution is 6.21. The van der Waals surface area contributed by atoms with Crippen LogP contribution in [-0.2, 0) is 0 Å². The second kappa shape index (κ2) is 4.88. The van der Waals surface area contributed by atoms with Crippen LogP contribution in [0.5, 0.6) is 5.75 Å². The Kier molecular flexibility index (Phi) is 3.28. The van der Waals surface area contributed by atoms with Gasteiger partial charge in [-0.15, -0.1) is 0 Å². The zero-order valence-corrected chi connectivity index (χ0v) is 10.4. The van der Waals surface area contributed by atoms with Crippen molar-refractivity contribution in [1.82, 2.24) is 0 Å². The molecular formula is C16H15NO. The molecule has 2 nitrogen and oxygen atoms in total. The molecule has 1 aromatic rings. The van der Waals surface area contributed by atoms with Gasteiger partial charge in [-0.1, -0.05) is 38.0 Å². The number of methoxy groups -OCH3 is 1. The Morgan fingerprint density at radius 1 is 1.33 bits per heavy atom. The summed E-state index contributed by atoms with van der Waals surface area (Å²) in [5.41, 5.74) is 4.49. The average Bonchev–Trinajstić information content (AvgIpc) is 2.73. The molecule has 0 unspecified atom stereocenters. The molecule has 0 amide bonds. The summed E-state index contributed by atoms with van der Waals surface area (Å²) >= 11 is 0. The molecule has 0 fully saturated rings. The summed E-state index contributed by atoms with van der Waals surface area (Å²) in [5, 5.41) is 0. The number of fused-ring (bicyclic) bond motifs is 1. The van der Waals surface area contributed by atoms with E-state index in [-0.39, 0.29) is 0 Å². The molecule has 1 aliphatic rings. The average molecular weight is 237 g/mol. The van der Waals surface area contributed by atoms with Gasteiger partial charge in [-0.25, -0.2) is 4.99 Å². The van der Waals surface area contributed by atoms with Crippen LogP contribution < -0.4 is 4.74 Å². The molecule has 0 radical (unpaired) electrons. The van der Waals surface area contributed by atoms with Crippen LogP contribution in [0, 0.1) is 0 Å². The van der Waals surface area contributed by atoms with Crippen LogP contribution in [-0.4, -0.2) is 12.8 Å². The Balaban J connectivity index is 2.42. The Labute approximate surface area is 107 Å². The lowest BCUT2D eigenvalue weighted by atomic mass is 10.00. The lowest BCUT2D eigenvalue weighted by Crippen LogP contribution is -2.00. The van der Waals surface area contributed by atoms with Crippen molar-refractivity contribution in [2.75, 3.05) is 7.11 Å². The van der Waals surface area contributed by atoms with Crippen LogP contribution in [0.15, 0.2) is 66.7 Å². The van der Waals surface area contributed by atoms with Gasteiger partial charge in [-0.2, -0.15) is 0 Å². The molecule has 0 bridgehead atoms. The van der Waals surface area contributed by atoms with Crippen molar-refractivity contribution in [2.45, 2.75) is 0 Å². The Hall–Kier alpha value is -2.35. The number of hydrogen-bond acceptors (Lipinski definition) is 2. The maximum atomic E-state index is 5.21. The molecule has 1 heterocycles. The minimum Gasteiger partial charge on any atom is -0.497 e. The van der Waals surface area contributed by atoms with Gasteiger partial charge < -0.3 is 4.74 Å². The Morgan fingerprint density at radius 2 is 2.11 bits per heavy atom. The Bertz CT molecular complexity index is 591. The van der Waals surface area contributed by atoms with Crippen LogP contribution in [0.2, 0.25) is 0 Å². The third kappa shape index (κ3) is 2.05. The van der Waals surface area contributed by atoms with Gasteiger partial charge in [0, 0.05) is 11.1 Å². The monoisotopic (exact) mass is 237 g/mol. The minimum absolute atomic E-state index is 0.743. The molecule has 18 heavy (non-hydrogen) atoms. The predicted molar refractivity (Wildman–Crippen MR) is 77.0 cm³/mol. The van der Waals surface area contributed by atoms with Gasteiger partial charge in [0.1, 0.15) is 5.75 Å². The maximum absolute atomic E-state index is 5.21. The number of allylic oxidation sites excluding steroid dienone is 4. The van der Waals surface area contributed by atoms with Gasteiger partial charge in [-0.3, -0.25) is 0 Å². The lowest BCUT2D eigenvalue weighted by molar-refractivity contribution is 0.414. The molecule has 0 saturated carbocycles. The van der Waals surface area contributed by atoms with Crippen LogP contribution in [0.3, 0.4) is 0 Å². The third-order valence-corrected chi connectivity index (χ3v) is 2.78. The van der Waals surface area contributed by atoms with Gasteiger partial charge in [0.25, 0.3) is 0 Å². The first-order valence-corrected chi connectivity index (χ1v) is 5.62. The van der Waals surface area contributed by atoms with E-state index in [1.54, 1.807) is 13.2 Å². The van der Waals surface area contributed by atoms with Crippen molar-refractivity contribution in [3.63, 3.8) is 0 Å². The first-order valence-electron chi connectivity index (χ1n) is 5.62.